The number of ether oxygens (including phenoxy) is 1. The Morgan fingerprint density at radius 3 is 2.78 bits per heavy atom. The van der Waals surface area contributed by atoms with E-state index >= 15 is 0 Å². The Kier molecular flexibility index (Phi) is 5.84. The summed E-state index contributed by atoms with van der Waals surface area (Å²) < 4.78 is 5.00. The summed E-state index contributed by atoms with van der Waals surface area (Å²) in [5.74, 6) is 0.0983. The molecule has 2 aromatic carbocycles. The number of benzene rings is 2. The molecule has 3 N–H and O–H groups in total. The topological polar surface area (TPSA) is 78.8 Å². The third kappa shape index (κ3) is 4.87. The van der Waals surface area contributed by atoms with E-state index in [0.29, 0.717) is 21.9 Å². The maximum atomic E-state index is 11.9. The van der Waals surface area contributed by atoms with Crippen LogP contribution in [0.15, 0.2) is 42.5 Å². The van der Waals surface area contributed by atoms with Gasteiger partial charge in [0.25, 0.3) is 0 Å². The standard InChI is InChI=1S/C17H18ClNO4/c1-23-16-7-11(5-6-14(16)20)8-17(22)19-10-15(21)12-3-2-4-13(18)9-12/h2-7,9,15,20-21H,8,10H2,1H3,(H,19,22)/t15-/m0/s1. The van der Waals surface area contributed by atoms with E-state index in [1.807, 2.05) is 0 Å². The molecule has 122 valence electrons. The molecule has 0 bridgehead atoms. The number of methoxy groups -OCH3 is 1. The van der Waals surface area contributed by atoms with Gasteiger partial charge in [-0.2, -0.15) is 0 Å². The Hall–Kier alpha value is -2.24. The van der Waals surface area contributed by atoms with E-state index in [1.165, 1.54) is 13.2 Å². The third-order valence-corrected chi connectivity index (χ3v) is 3.57. The number of nitrogens with one attached hydrogen (secondary N) is 1. The van der Waals surface area contributed by atoms with Crippen molar-refractivity contribution < 1.29 is 19.7 Å². The second-order valence-electron chi connectivity index (χ2n) is 5.06. The molecule has 2 rings (SSSR count). The number of hydrogen-bond acceptors (Lipinski definition) is 4. The maximum Gasteiger partial charge on any atom is 0.224 e. The maximum absolute atomic E-state index is 11.9. The van der Waals surface area contributed by atoms with Gasteiger partial charge < -0.3 is 20.3 Å². The van der Waals surface area contributed by atoms with Gasteiger partial charge in [0.05, 0.1) is 19.6 Å². The van der Waals surface area contributed by atoms with Gasteiger partial charge in [-0.1, -0.05) is 29.8 Å². The van der Waals surface area contributed by atoms with Crippen molar-refractivity contribution >= 4 is 17.5 Å². The summed E-state index contributed by atoms with van der Waals surface area (Å²) in [6.45, 7) is 0.0917. The van der Waals surface area contributed by atoms with Crippen LogP contribution >= 0.6 is 11.6 Å². The number of aliphatic hydroxyl groups is 1. The lowest BCUT2D eigenvalue weighted by atomic mass is 10.1. The van der Waals surface area contributed by atoms with Crippen LogP contribution in [0.2, 0.25) is 5.02 Å². The lowest BCUT2D eigenvalue weighted by Gasteiger charge is -2.13. The van der Waals surface area contributed by atoms with Crippen LogP contribution < -0.4 is 10.1 Å². The summed E-state index contributed by atoms with van der Waals surface area (Å²) in [5, 5.41) is 22.8. The number of rotatable bonds is 6. The van der Waals surface area contributed by atoms with Gasteiger partial charge in [0.2, 0.25) is 5.91 Å². The summed E-state index contributed by atoms with van der Waals surface area (Å²) in [6, 6.07) is 11.6. The minimum absolute atomic E-state index is 0.0213. The van der Waals surface area contributed by atoms with Gasteiger partial charge in [0.1, 0.15) is 0 Å². The van der Waals surface area contributed by atoms with E-state index in [-0.39, 0.29) is 24.6 Å². The van der Waals surface area contributed by atoms with Crippen LogP contribution in [0.3, 0.4) is 0 Å². The Morgan fingerprint density at radius 1 is 1.30 bits per heavy atom. The zero-order valence-corrected chi connectivity index (χ0v) is 13.4. The molecule has 0 aliphatic rings. The third-order valence-electron chi connectivity index (χ3n) is 3.33. The Bertz CT molecular complexity index is 690. The average molecular weight is 336 g/mol. The van der Waals surface area contributed by atoms with Crippen molar-refractivity contribution in [1.82, 2.24) is 5.32 Å². The Balaban J connectivity index is 1.90. The molecule has 0 saturated heterocycles. The lowest BCUT2D eigenvalue weighted by molar-refractivity contribution is -0.120. The molecule has 1 atom stereocenters. The first-order valence-corrected chi connectivity index (χ1v) is 7.43. The Labute approximate surface area is 139 Å². The summed E-state index contributed by atoms with van der Waals surface area (Å²) in [7, 11) is 1.44. The van der Waals surface area contributed by atoms with E-state index in [0.717, 1.165) is 0 Å². The molecule has 0 saturated carbocycles. The molecular weight excluding hydrogens is 318 g/mol. The van der Waals surface area contributed by atoms with Gasteiger partial charge in [-0.3, -0.25) is 4.79 Å². The molecule has 6 heteroatoms. The van der Waals surface area contributed by atoms with Crippen LogP contribution in [0.1, 0.15) is 17.2 Å². The SMILES string of the molecule is COc1cc(CC(=O)NC[C@H](O)c2cccc(Cl)c2)ccc1O. The first-order valence-electron chi connectivity index (χ1n) is 7.05. The fourth-order valence-corrected chi connectivity index (χ4v) is 2.32. The van der Waals surface area contributed by atoms with Crippen LogP contribution in [-0.4, -0.2) is 29.8 Å². The molecule has 5 nitrogen and oxygen atoms in total. The summed E-state index contributed by atoms with van der Waals surface area (Å²) in [4.78, 5) is 11.9. The summed E-state index contributed by atoms with van der Waals surface area (Å²) >= 11 is 5.87. The van der Waals surface area contributed by atoms with Gasteiger partial charge in [-0.25, -0.2) is 0 Å². The van der Waals surface area contributed by atoms with E-state index in [9.17, 15) is 15.0 Å². The quantitative estimate of drug-likeness (QED) is 0.757. The number of phenolic OH excluding ortho intramolecular Hbond substituents is 1. The van der Waals surface area contributed by atoms with Gasteiger partial charge in [0.15, 0.2) is 11.5 Å². The highest BCUT2D eigenvalue weighted by atomic mass is 35.5. The number of amides is 1. The molecular formula is C17H18ClNO4. The number of carbonyl (C=O) groups is 1. The van der Waals surface area contributed by atoms with Crippen molar-refractivity contribution in [2.45, 2.75) is 12.5 Å². The molecule has 23 heavy (non-hydrogen) atoms. The molecule has 0 aromatic heterocycles. The molecule has 2 aromatic rings. The van der Waals surface area contributed by atoms with Crippen molar-refractivity contribution in [2.75, 3.05) is 13.7 Å². The number of phenols is 1. The predicted molar refractivity (Wildman–Crippen MR) is 87.8 cm³/mol. The van der Waals surface area contributed by atoms with Crippen molar-refractivity contribution in [1.29, 1.82) is 0 Å². The van der Waals surface area contributed by atoms with E-state index in [4.69, 9.17) is 16.3 Å². The van der Waals surface area contributed by atoms with Crippen LogP contribution in [0.5, 0.6) is 11.5 Å². The van der Waals surface area contributed by atoms with E-state index < -0.39 is 6.10 Å². The van der Waals surface area contributed by atoms with Crippen molar-refractivity contribution in [3.63, 3.8) is 0 Å². The van der Waals surface area contributed by atoms with Gasteiger partial charge in [0, 0.05) is 11.6 Å². The zero-order valence-electron chi connectivity index (χ0n) is 12.6. The minimum Gasteiger partial charge on any atom is -0.504 e. The van der Waals surface area contributed by atoms with Crippen molar-refractivity contribution in [2.24, 2.45) is 0 Å². The number of aliphatic hydroxyl groups excluding tert-OH is 1. The van der Waals surface area contributed by atoms with E-state index in [1.54, 1.807) is 36.4 Å². The fraction of sp³-hybridized carbons (Fsp3) is 0.235. The molecule has 0 radical (unpaired) electrons. The number of aromatic hydroxyl groups is 1. The van der Waals surface area contributed by atoms with Crippen molar-refractivity contribution in [3.8, 4) is 11.5 Å². The predicted octanol–water partition coefficient (Wildman–Crippen LogP) is 2.45. The number of carbonyl (C=O) groups excluding carboxylic acids is 1. The van der Waals surface area contributed by atoms with Gasteiger partial charge >= 0.3 is 0 Å². The smallest absolute Gasteiger partial charge is 0.224 e. The lowest BCUT2D eigenvalue weighted by Crippen LogP contribution is -2.29. The zero-order chi connectivity index (χ0) is 16.8. The number of halogens is 1. The van der Waals surface area contributed by atoms with Gasteiger partial charge in [-0.05, 0) is 35.4 Å². The highest BCUT2D eigenvalue weighted by Crippen LogP contribution is 2.26. The highest BCUT2D eigenvalue weighted by Gasteiger charge is 2.11. The highest BCUT2D eigenvalue weighted by molar-refractivity contribution is 6.30. The monoisotopic (exact) mass is 335 g/mol. The fourth-order valence-electron chi connectivity index (χ4n) is 2.12. The first-order chi connectivity index (χ1) is 11.0. The molecule has 0 fully saturated rings. The van der Waals surface area contributed by atoms with Crippen LogP contribution in [-0.2, 0) is 11.2 Å². The molecule has 1 amide bonds. The molecule has 0 unspecified atom stereocenters. The second kappa shape index (κ2) is 7.85. The molecule has 0 aliphatic carbocycles. The second-order valence-corrected chi connectivity index (χ2v) is 5.49. The Morgan fingerprint density at radius 2 is 2.09 bits per heavy atom. The summed E-state index contributed by atoms with van der Waals surface area (Å²) in [5.41, 5.74) is 1.35. The van der Waals surface area contributed by atoms with Gasteiger partial charge in [-0.15, -0.1) is 0 Å². The van der Waals surface area contributed by atoms with Crippen LogP contribution in [0.4, 0.5) is 0 Å². The number of hydrogen-bond donors (Lipinski definition) is 3. The van der Waals surface area contributed by atoms with Crippen molar-refractivity contribution in [3.05, 3.63) is 58.6 Å². The van der Waals surface area contributed by atoms with Crippen LogP contribution in [0, 0.1) is 0 Å². The molecule has 0 spiro atoms. The molecule has 0 aliphatic heterocycles. The first kappa shape index (κ1) is 17.1. The molecule has 0 heterocycles. The average Bonchev–Trinajstić information content (AvgIpc) is 2.54. The normalized spacial score (nSPS) is 11.8. The largest absolute Gasteiger partial charge is 0.504 e. The minimum atomic E-state index is -0.827. The van der Waals surface area contributed by atoms with E-state index in [2.05, 4.69) is 5.32 Å². The summed E-state index contributed by atoms with van der Waals surface area (Å²) in [6.07, 6.45) is -0.703. The van der Waals surface area contributed by atoms with Crippen LogP contribution in [0.25, 0.3) is 0 Å².